The van der Waals surface area contributed by atoms with Crippen LogP contribution < -0.4 is 5.73 Å². The third-order valence-corrected chi connectivity index (χ3v) is 3.58. The zero-order chi connectivity index (χ0) is 16.0. The lowest BCUT2D eigenvalue weighted by Gasteiger charge is -2.02. The lowest BCUT2D eigenvalue weighted by molar-refractivity contribution is 0.734. The first-order chi connectivity index (χ1) is 11.2. The number of H-pyrrole nitrogens is 1. The normalized spacial score (nSPS) is 11.0. The highest BCUT2D eigenvalue weighted by Crippen LogP contribution is 2.27. The second-order valence-electron chi connectivity index (χ2n) is 5.11. The maximum atomic E-state index is 9.04. The van der Waals surface area contributed by atoms with Crippen molar-refractivity contribution in [3.63, 3.8) is 0 Å². The predicted molar refractivity (Wildman–Crippen MR) is 84.5 cm³/mol. The lowest BCUT2D eigenvalue weighted by atomic mass is 10.3. The monoisotopic (exact) mass is 304 g/mol. The van der Waals surface area contributed by atoms with Crippen molar-refractivity contribution in [2.45, 2.75) is 0 Å². The Balaban J connectivity index is 1.93. The van der Waals surface area contributed by atoms with E-state index in [0.717, 1.165) is 16.6 Å². The van der Waals surface area contributed by atoms with Crippen LogP contribution in [0.4, 0.5) is 5.82 Å². The third kappa shape index (κ3) is 1.95. The molecule has 23 heavy (non-hydrogen) atoms. The van der Waals surface area contributed by atoms with Crippen molar-refractivity contribution in [2.75, 3.05) is 5.73 Å². The molecule has 0 radical (unpaired) electrons. The van der Waals surface area contributed by atoms with Crippen molar-refractivity contribution in [1.29, 1.82) is 5.26 Å². The Kier molecular flexibility index (Phi) is 2.68. The standard InChI is InChI=1S/C15H12N8/c1-22-8-10(14-19-11-4-2-3-5-12(11)20-14)15(21-22)23-13(17)9(6-16)7-18-23/h2-5,7-8H,17H2,1H3,(H,19,20). The summed E-state index contributed by atoms with van der Waals surface area (Å²) in [5.41, 5.74) is 8.84. The van der Waals surface area contributed by atoms with Gasteiger partial charge in [-0.05, 0) is 12.1 Å². The fraction of sp³-hybridized carbons (Fsp3) is 0.0667. The minimum absolute atomic E-state index is 0.253. The number of aromatic nitrogens is 6. The van der Waals surface area contributed by atoms with E-state index in [2.05, 4.69) is 20.2 Å². The lowest BCUT2D eigenvalue weighted by Crippen LogP contribution is -2.05. The summed E-state index contributed by atoms with van der Waals surface area (Å²) < 4.78 is 3.10. The Hall–Kier alpha value is -3.60. The van der Waals surface area contributed by atoms with Gasteiger partial charge in [0.2, 0.25) is 0 Å². The Morgan fingerprint density at radius 1 is 1.30 bits per heavy atom. The molecular formula is C15H12N8. The highest BCUT2D eigenvalue weighted by molar-refractivity contribution is 5.80. The number of anilines is 1. The number of fused-ring (bicyclic) bond motifs is 1. The predicted octanol–water partition coefficient (Wildman–Crippen LogP) is 1.60. The van der Waals surface area contributed by atoms with Gasteiger partial charge in [-0.3, -0.25) is 4.68 Å². The number of aryl methyl sites for hydroxylation is 1. The van der Waals surface area contributed by atoms with E-state index in [1.54, 1.807) is 11.7 Å². The van der Waals surface area contributed by atoms with Gasteiger partial charge in [0, 0.05) is 13.2 Å². The largest absolute Gasteiger partial charge is 0.382 e. The summed E-state index contributed by atoms with van der Waals surface area (Å²) in [5, 5.41) is 17.6. The van der Waals surface area contributed by atoms with Gasteiger partial charge in [-0.25, -0.2) is 4.98 Å². The molecule has 1 aromatic carbocycles. The summed E-state index contributed by atoms with van der Waals surface area (Å²) in [7, 11) is 1.81. The first-order valence-corrected chi connectivity index (χ1v) is 6.90. The maximum absolute atomic E-state index is 9.04. The number of aromatic amines is 1. The molecular weight excluding hydrogens is 292 g/mol. The highest BCUT2D eigenvalue weighted by Gasteiger charge is 2.19. The number of hydrogen-bond donors (Lipinski definition) is 2. The Morgan fingerprint density at radius 3 is 2.87 bits per heavy atom. The Labute approximate surface area is 130 Å². The zero-order valence-corrected chi connectivity index (χ0v) is 12.2. The van der Waals surface area contributed by atoms with E-state index in [-0.39, 0.29) is 5.82 Å². The van der Waals surface area contributed by atoms with Gasteiger partial charge in [0.15, 0.2) is 5.82 Å². The number of hydrogen-bond acceptors (Lipinski definition) is 5. The Bertz CT molecular complexity index is 1030. The molecule has 8 heteroatoms. The molecule has 0 saturated heterocycles. The van der Waals surface area contributed by atoms with Crippen molar-refractivity contribution >= 4 is 16.9 Å². The minimum Gasteiger partial charge on any atom is -0.382 e. The van der Waals surface area contributed by atoms with Crippen LogP contribution in [-0.2, 0) is 7.05 Å². The first-order valence-electron chi connectivity index (χ1n) is 6.90. The zero-order valence-electron chi connectivity index (χ0n) is 12.2. The molecule has 3 aromatic heterocycles. The van der Waals surface area contributed by atoms with Crippen LogP contribution in [0.25, 0.3) is 28.2 Å². The average Bonchev–Trinajstić information content (AvgIpc) is 3.22. The van der Waals surface area contributed by atoms with E-state index in [1.807, 2.05) is 36.5 Å². The van der Waals surface area contributed by atoms with Crippen LogP contribution in [0.3, 0.4) is 0 Å². The summed E-state index contributed by atoms with van der Waals surface area (Å²) >= 11 is 0. The summed E-state index contributed by atoms with van der Waals surface area (Å²) in [5.74, 6) is 1.44. The number of imidazole rings is 1. The number of nitriles is 1. The number of nitrogen functional groups attached to an aromatic ring is 1. The summed E-state index contributed by atoms with van der Waals surface area (Å²) in [4.78, 5) is 7.85. The minimum atomic E-state index is 0.253. The van der Waals surface area contributed by atoms with Crippen molar-refractivity contribution in [3.05, 3.63) is 42.2 Å². The molecule has 0 unspecified atom stereocenters. The van der Waals surface area contributed by atoms with Gasteiger partial charge in [-0.2, -0.15) is 20.1 Å². The van der Waals surface area contributed by atoms with Crippen LogP contribution in [0.2, 0.25) is 0 Å². The maximum Gasteiger partial charge on any atom is 0.188 e. The van der Waals surface area contributed by atoms with Crippen molar-refractivity contribution in [2.24, 2.45) is 7.05 Å². The number of benzene rings is 1. The van der Waals surface area contributed by atoms with Gasteiger partial charge in [-0.1, -0.05) is 12.1 Å². The first kappa shape index (κ1) is 13.1. The quantitative estimate of drug-likeness (QED) is 0.584. The van der Waals surface area contributed by atoms with E-state index in [1.165, 1.54) is 10.9 Å². The number of nitrogens with zero attached hydrogens (tertiary/aromatic N) is 6. The van der Waals surface area contributed by atoms with Crippen molar-refractivity contribution in [3.8, 4) is 23.3 Å². The molecule has 0 bridgehead atoms. The second kappa shape index (κ2) is 4.71. The summed E-state index contributed by atoms with van der Waals surface area (Å²) in [6, 6.07) is 9.77. The third-order valence-electron chi connectivity index (χ3n) is 3.58. The number of para-hydroxylation sites is 2. The van der Waals surface area contributed by atoms with E-state index >= 15 is 0 Å². The van der Waals surface area contributed by atoms with E-state index in [4.69, 9.17) is 11.0 Å². The van der Waals surface area contributed by atoms with Crippen molar-refractivity contribution in [1.82, 2.24) is 29.5 Å². The smallest absolute Gasteiger partial charge is 0.188 e. The van der Waals surface area contributed by atoms with Gasteiger partial charge in [0.25, 0.3) is 0 Å². The molecule has 3 heterocycles. The molecule has 0 fully saturated rings. The molecule has 0 aliphatic carbocycles. The second-order valence-corrected chi connectivity index (χ2v) is 5.11. The molecule has 0 amide bonds. The van der Waals surface area contributed by atoms with Gasteiger partial charge in [0.1, 0.15) is 23.3 Å². The van der Waals surface area contributed by atoms with Crippen LogP contribution >= 0.6 is 0 Å². The van der Waals surface area contributed by atoms with Crippen LogP contribution in [0.15, 0.2) is 36.7 Å². The fourth-order valence-electron chi connectivity index (χ4n) is 2.49. The van der Waals surface area contributed by atoms with Crippen LogP contribution in [0.5, 0.6) is 0 Å². The van der Waals surface area contributed by atoms with Gasteiger partial charge in [-0.15, -0.1) is 0 Å². The van der Waals surface area contributed by atoms with Crippen molar-refractivity contribution < 1.29 is 0 Å². The number of nitrogens with two attached hydrogens (primary N) is 1. The molecule has 0 atom stereocenters. The van der Waals surface area contributed by atoms with E-state index in [0.29, 0.717) is 17.2 Å². The fourth-order valence-corrected chi connectivity index (χ4v) is 2.49. The summed E-state index contributed by atoms with van der Waals surface area (Å²) in [6.07, 6.45) is 3.26. The molecule has 0 aliphatic rings. The number of nitrogens with one attached hydrogen (secondary N) is 1. The molecule has 8 nitrogen and oxygen atoms in total. The van der Waals surface area contributed by atoms with Crippen LogP contribution in [0.1, 0.15) is 5.56 Å². The molecule has 4 rings (SSSR count). The molecule has 0 saturated carbocycles. The SMILES string of the molecule is Cn1cc(-c2nc3ccccc3[nH]2)c(-n2ncc(C#N)c2N)n1. The number of rotatable bonds is 2. The van der Waals surface area contributed by atoms with Crippen LogP contribution in [0, 0.1) is 11.3 Å². The topological polar surface area (TPSA) is 114 Å². The molecule has 0 spiro atoms. The molecule has 112 valence electrons. The van der Waals surface area contributed by atoms with E-state index in [9.17, 15) is 0 Å². The molecule has 0 aliphatic heterocycles. The van der Waals surface area contributed by atoms with Gasteiger partial charge < -0.3 is 10.7 Å². The molecule has 3 N–H and O–H groups in total. The molecule has 4 aromatic rings. The van der Waals surface area contributed by atoms with Gasteiger partial charge in [0.05, 0.1) is 22.8 Å². The van der Waals surface area contributed by atoms with E-state index < -0.39 is 0 Å². The highest BCUT2D eigenvalue weighted by atomic mass is 15.4. The summed E-state index contributed by atoms with van der Waals surface area (Å²) in [6.45, 7) is 0. The Morgan fingerprint density at radius 2 is 2.13 bits per heavy atom. The van der Waals surface area contributed by atoms with Gasteiger partial charge >= 0.3 is 0 Å². The average molecular weight is 304 g/mol. The van der Waals surface area contributed by atoms with Crippen LogP contribution in [-0.4, -0.2) is 29.5 Å².